The van der Waals surface area contributed by atoms with Gasteiger partial charge in [0.2, 0.25) is 11.8 Å². The third-order valence-corrected chi connectivity index (χ3v) is 7.59. The van der Waals surface area contributed by atoms with Crippen LogP contribution in [0.5, 0.6) is 0 Å². The number of nitrogens with one attached hydrogen (secondary N) is 2. The van der Waals surface area contributed by atoms with Crippen LogP contribution in [0.4, 0.5) is 4.39 Å². The van der Waals surface area contributed by atoms with E-state index in [1.165, 1.54) is 19.1 Å². The number of carbonyl (C=O) groups is 2. The Hall–Kier alpha value is -1.37. The van der Waals surface area contributed by atoms with Gasteiger partial charge < -0.3 is 15.7 Å². The van der Waals surface area contributed by atoms with Gasteiger partial charge in [0, 0.05) is 31.1 Å². The Morgan fingerprint density at radius 3 is 2.53 bits per heavy atom. The number of hydrogen-bond acceptors (Lipinski definition) is 3. The normalized spacial score (nSPS) is 26.4. The zero-order valence-electron chi connectivity index (χ0n) is 17.3. The average molecular weight is 459 g/mol. The Labute approximate surface area is 186 Å². The van der Waals surface area contributed by atoms with Crippen LogP contribution in [-0.2, 0) is 9.59 Å². The first-order valence-corrected chi connectivity index (χ1v) is 11.2. The van der Waals surface area contributed by atoms with Crippen molar-refractivity contribution in [2.24, 2.45) is 17.3 Å². The lowest BCUT2D eigenvalue weighted by atomic mass is 9.76. The Balaban J connectivity index is 1.90. The summed E-state index contributed by atoms with van der Waals surface area (Å²) >= 11 is 12.6. The average Bonchev–Trinajstić information content (AvgIpc) is 3.30. The standard InChI is InChI=1S/C22H29Cl2FN2O3/c1-12(29)26-14-9-13(11-28)15(10-14)21(30)27-20(22(2)7-3-4-8-22)18-17(25)6-5-16(23)19(18)24/h5-6,13-15,20,28H,3-4,7-11H2,1-2H3,(H,26,29)(H,27,30)/t13-,14-,15-,20-/m1/s1. The molecule has 3 rings (SSSR count). The Bertz CT molecular complexity index is 814. The van der Waals surface area contributed by atoms with Gasteiger partial charge in [-0.05, 0) is 49.1 Å². The maximum absolute atomic E-state index is 14.9. The van der Waals surface area contributed by atoms with E-state index in [2.05, 4.69) is 10.6 Å². The molecule has 2 amide bonds. The molecule has 0 aromatic heterocycles. The molecule has 4 atom stereocenters. The van der Waals surface area contributed by atoms with Gasteiger partial charge in [0.25, 0.3) is 0 Å². The van der Waals surface area contributed by atoms with E-state index in [9.17, 15) is 19.1 Å². The summed E-state index contributed by atoms with van der Waals surface area (Å²) in [7, 11) is 0. The molecule has 0 aliphatic heterocycles. The van der Waals surface area contributed by atoms with E-state index in [-0.39, 0.29) is 51.4 Å². The van der Waals surface area contributed by atoms with Gasteiger partial charge in [0.1, 0.15) is 5.82 Å². The number of amides is 2. The van der Waals surface area contributed by atoms with Crippen LogP contribution in [0.15, 0.2) is 12.1 Å². The molecule has 8 heteroatoms. The number of rotatable bonds is 6. The minimum Gasteiger partial charge on any atom is -0.396 e. The fourth-order valence-corrected chi connectivity index (χ4v) is 5.60. The van der Waals surface area contributed by atoms with Crippen molar-refractivity contribution in [3.05, 3.63) is 33.6 Å². The summed E-state index contributed by atoms with van der Waals surface area (Å²) < 4.78 is 14.9. The summed E-state index contributed by atoms with van der Waals surface area (Å²) in [5.74, 6) is -1.65. The molecule has 166 valence electrons. The van der Waals surface area contributed by atoms with E-state index in [1.807, 2.05) is 6.92 Å². The van der Waals surface area contributed by atoms with Gasteiger partial charge in [-0.3, -0.25) is 9.59 Å². The highest BCUT2D eigenvalue weighted by Crippen LogP contribution is 2.50. The van der Waals surface area contributed by atoms with E-state index in [0.29, 0.717) is 12.8 Å². The fraction of sp³-hybridized carbons (Fsp3) is 0.636. The van der Waals surface area contributed by atoms with Gasteiger partial charge in [-0.1, -0.05) is 43.0 Å². The smallest absolute Gasteiger partial charge is 0.224 e. The fourth-order valence-electron chi connectivity index (χ4n) is 5.18. The second kappa shape index (κ2) is 9.41. The topological polar surface area (TPSA) is 78.4 Å². The van der Waals surface area contributed by atoms with E-state index < -0.39 is 17.8 Å². The molecule has 2 aliphatic carbocycles. The number of hydrogen-bond donors (Lipinski definition) is 3. The molecule has 30 heavy (non-hydrogen) atoms. The number of carbonyl (C=O) groups excluding carboxylic acids is 2. The van der Waals surface area contributed by atoms with Crippen molar-refractivity contribution in [3.8, 4) is 0 Å². The van der Waals surface area contributed by atoms with Gasteiger partial charge in [0.05, 0.1) is 16.1 Å². The second-order valence-corrected chi connectivity index (χ2v) is 9.76. The molecule has 2 aliphatic rings. The molecular formula is C22H29Cl2FN2O3. The largest absolute Gasteiger partial charge is 0.396 e. The van der Waals surface area contributed by atoms with Crippen LogP contribution in [0, 0.1) is 23.1 Å². The molecule has 0 bridgehead atoms. The van der Waals surface area contributed by atoms with Crippen molar-refractivity contribution >= 4 is 35.0 Å². The van der Waals surface area contributed by atoms with Gasteiger partial charge in [-0.25, -0.2) is 4.39 Å². The highest BCUT2D eigenvalue weighted by atomic mass is 35.5. The van der Waals surface area contributed by atoms with Crippen LogP contribution in [0.3, 0.4) is 0 Å². The maximum Gasteiger partial charge on any atom is 0.224 e. The highest BCUT2D eigenvalue weighted by Gasteiger charge is 2.44. The van der Waals surface area contributed by atoms with Crippen molar-refractivity contribution in [2.45, 2.75) is 64.5 Å². The molecule has 0 unspecified atom stereocenters. The van der Waals surface area contributed by atoms with Crippen LogP contribution < -0.4 is 10.6 Å². The SMILES string of the molecule is CC(=O)N[C@@H]1C[C@H](CO)[C@H](C(=O)N[C@H](c2c(F)ccc(Cl)c2Cl)C2(C)CCCC2)C1. The summed E-state index contributed by atoms with van der Waals surface area (Å²) in [4.78, 5) is 24.7. The van der Waals surface area contributed by atoms with Crippen LogP contribution in [0.25, 0.3) is 0 Å². The van der Waals surface area contributed by atoms with E-state index in [0.717, 1.165) is 25.7 Å². The monoisotopic (exact) mass is 458 g/mol. The van der Waals surface area contributed by atoms with E-state index >= 15 is 0 Å². The van der Waals surface area contributed by atoms with E-state index in [4.69, 9.17) is 23.2 Å². The van der Waals surface area contributed by atoms with Crippen LogP contribution in [0.1, 0.15) is 64.0 Å². The molecule has 1 aromatic rings. The third kappa shape index (κ3) is 4.76. The predicted octanol–water partition coefficient (Wildman–Crippen LogP) is 4.39. The Kier molecular flexibility index (Phi) is 7.31. The molecular weight excluding hydrogens is 430 g/mol. The quantitative estimate of drug-likeness (QED) is 0.552. The highest BCUT2D eigenvalue weighted by molar-refractivity contribution is 6.42. The molecule has 0 saturated heterocycles. The number of halogens is 3. The summed E-state index contributed by atoms with van der Waals surface area (Å²) in [6, 6.07) is 1.90. The minimum atomic E-state index is -0.627. The van der Waals surface area contributed by atoms with Gasteiger partial charge in [-0.15, -0.1) is 0 Å². The first-order chi connectivity index (χ1) is 14.2. The van der Waals surface area contributed by atoms with Crippen molar-refractivity contribution in [1.82, 2.24) is 10.6 Å². The van der Waals surface area contributed by atoms with E-state index in [1.54, 1.807) is 0 Å². The second-order valence-electron chi connectivity index (χ2n) is 8.98. The molecule has 5 nitrogen and oxygen atoms in total. The number of aliphatic hydroxyl groups is 1. The van der Waals surface area contributed by atoms with Crippen LogP contribution >= 0.6 is 23.2 Å². The van der Waals surface area contributed by atoms with Crippen molar-refractivity contribution in [3.63, 3.8) is 0 Å². The summed E-state index contributed by atoms with van der Waals surface area (Å²) in [6.07, 6.45) is 4.63. The lowest BCUT2D eigenvalue weighted by Crippen LogP contribution is -2.43. The molecule has 3 N–H and O–H groups in total. The molecule has 0 radical (unpaired) electrons. The van der Waals surface area contributed by atoms with Crippen LogP contribution in [-0.4, -0.2) is 29.6 Å². The molecule has 0 heterocycles. The zero-order valence-corrected chi connectivity index (χ0v) is 18.8. The number of aliphatic hydroxyl groups excluding tert-OH is 1. The van der Waals surface area contributed by atoms with Gasteiger partial charge in [-0.2, -0.15) is 0 Å². The molecule has 1 aromatic carbocycles. The zero-order chi connectivity index (χ0) is 22.1. The summed E-state index contributed by atoms with van der Waals surface area (Å²) in [6.45, 7) is 3.32. The van der Waals surface area contributed by atoms with Crippen molar-refractivity contribution < 1.29 is 19.1 Å². The Morgan fingerprint density at radius 1 is 1.27 bits per heavy atom. The lowest BCUT2D eigenvalue weighted by Gasteiger charge is -2.37. The summed E-state index contributed by atoms with van der Waals surface area (Å²) in [5, 5.41) is 16.0. The predicted molar refractivity (Wildman–Crippen MR) is 115 cm³/mol. The van der Waals surface area contributed by atoms with Crippen LogP contribution in [0.2, 0.25) is 10.0 Å². The lowest BCUT2D eigenvalue weighted by molar-refractivity contribution is -0.128. The van der Waals surface area contributed by atoms with Gasteiger partial charge >= 0.3 is 0 Å². The van der Waals surface area contributed by atoms with Crippen molar-refractivity contribution in [1.29, 1.82) is 0 Å². The first-order valence-electron chi connectivity index (χ1n) is 10.5. The third-order valence-electron chi connectivity index (χ3n) is 6.77. The minimum absolute atomic E-state index is 0.122. The van der Waals surface area contributed by atoms with Crippen molar-refractivity contribution in [2.75, 3.05) is 6.61 Å². The number of benzene rings is 1. The summed E-state index contributed by atoms with van der Waals surface area (Å²) in [5.41, 5.74) is -0.131. The maximum atomic E-state index is 14.9. The molecule has 0 spiro atoms. The Morgan fingerprint density at radius 2 is 1.93 bits per heavy atom. The molecule has 2 saturated carbocycles. The first kappa shape index (κ1) is 23.3. The molecule has 2 fully saturated rings. The van der Waals surface area contributed by atoms with Gasteiger partial charge in [0.15, 0.2) is 0 Å².